The molecule has 12 heavy (non-hydrogen) atoms. The third-order valence-electron chi connectivity index (χ3n) is 2.91. The predicted molar refractivity (Wildman–Crippen MR) is 53.2 cm³/mol. The van der Waals surface area contributed by atoms with Crippen LogP contribution in [0.25, 0.3) is 0 Å². The molecule has 1 aliphatic rings. The van der Waals surface area contributed by atoms with Crippen molar-refractivity contribution in [2.24, 2.45) is 0 Å². The fraction of sp³-hybridized carbons (Fsp3) is 1.00. The van der Waals surface area contributed by atoms with Gasteiger partial charge in [-0.05, 0) is 25.9 Å². The molecular weight excluding hydrogens is 148 g/mol. The Hall–Kier alpha value is -0.0800. The highest BCUT2D eigenvalue weighted by molar-refractivity contribution is 4.76. The topological polar surface area (TPSA) is 6.48 Å². The van der Waals surface area contributed by atoms with Crippen molar-refractivity contribution >= 4 is 0 Å². The molecule has 0 radical (unpaired) electrons. The van der Waals surface area contributed by atoms with Crippen molar-refractivity contribution in [3.05, 3.63) is 0 Å². The third kappa shape index (κ3) is 1.99. The molecule has 0 aliphatic carbocycles. The van der Waals surface area contributed by atoms with Crippen LogP contribution >= 0.6 is 0 Å². The van der Waals surface area contributed by atoms with Crippen LogP contribution < -0.4 is 0 Å². The number of rotatable bonds is 3. The van der Waals surface area contributed by atoms with Gasteiger partial charge in [0.15, 0.2) is 0 Å². The Morgan fingerprint density at radius 2 is 1.50 bits per heavy atom. The van der Waals surface area contributed by atoms with E-state index in [1.54, 1.807) is 0 Å². The molecule has 0 aromatic carbocycles. The quantitative estimate of drug-likeness (QED) is 0.637. The minimum atomic E-state index is 0.716. The summed E-state index contributed by atoms with van der Waals surface area (Å²) in [6.45, 7) is 11.8. The summed E-state index contributed by atoms with van der Waals surface area (Å²) in [5.41, 5.74) is 0. The van der Waals surface area contributed by atoms with E-state index in [9.17, 15) is 0 Å². The molecule has 1 rings (SSSR count). The molecule has 2 nitrogen and oxygen atoms in total. The molecular formula is C10H22N2. The second-order valence-corrected chi connectivity index (χ2v) is 3.50. The fourth-order valence-corrected chi connectivity index (χ4v) is 2.26. The number of hydrogen-bond acceptors (Lipinski definition) is 2. The normalized spacial score (nSPS) is 23.2. The van der Waals surface area contributed by atoms with Crippen molar-refractivity contribution in [3.63, 3.8) is 0 Å². The molecule has 1 heterocycles. The molecule has 0 amide bonds. The Labute approximate surface area is 76.5 Å². The lowest BCUT2D eigenvalue weighted by molar-refractivity contribution is 0.00889. The Morgan fingerprint density at radius 3 is 1.83 bits per heavy atom. The highest BCUT2D eigenvalue weighted by Gasteiger charge is 2.24. The lowest BCUT2D eigenvalue weighted by Crippen LogP contribution is -2.53. The fourth-order valence-electron chi connectivity index (χ4n) is 2.26. The van der Waals surface area contributed by atoms with E-state index < -0.39 is 0 Å². The second-order valence-electron chi connectivity index (χ2n) is 3.50. The van der Waals surface area contributed by atoms with Gasteiger partial charge in [-0.15, -0.1) is 0 Å². The second kappa shape index (κ2) is 4.83. The van der Waals surface area contributed by atoms with Gasteiger partial charge in [-0.25, -0.2) is 0 Å². The average molecular weight is 170 g/mol. The van der Waals surface area contributed by atoms with Crippen LogP contribution in [0.4, 0.5) is 0 Å². The summed E-state index contributed by atoms with van der Waals surface area (Å²) < 4.78 is 0. The Kier molecular flexibility index (Phi) is 4.02. The largest absolute Gasteiger partial charge is 0.288 e. The van der Waals surface area contributed by atoms with Gasteiger partial charge in [-0.1, -0.05) is 20.8 Å². The molecule has 1 fully saturated rings. The van der Waals surface area contributed by atoms with Gasteiger partial charge < -0.3 is 0 Å². The van der Waals surface area contributed by atoms with Crippen LogP contribution in [-0.2, 0) is 0 Å². The van der Waals surface area contributed by atoms with E-state index in [2.05, 4.69) is 30.6 Å². The van der Waals surface area contributed by atoms with Crippen molar-refractivity contribution in [2.75, 3.05) is 26.2 Å². The smallest absolute Gasteiger partial charge is 0.0619 e. The first kappa shape index (κ1) is 10.0. The van der Waals surface area contributed by atoms with Crippen LogP contribution in [0, 0.1) is 0 Å². The Bertz CT molecular complexity index is 113. The van der Waals surface area contributed by atoms with Gasteiger partial charge in [0.05, 0.1) is 6.17 Å². The molecule has 2 heteroatoms. The van der Waals surface area contributed by atoms with Gasteiger partial charge >= 0.3 is 0 Å². The SMILES string of the molecule is CCC1N(CC)CCCN1CC. The van der Waals surface area contributed by atoms with E-state index in [0.29, 0.717) is 6.17 Å². The lowest BCUT2D eigenvalue weighted by Gasteiger charge is -2.42. The van der Waals surface area contributed by atoms with Crippen LogP contribution in [0.15, 0.2) is 0 Å². The van der Waals surface area contributed by atoms with E-state index in [1.165, 1.54) is 39.0 Å². The summed E-state index contributed by atoms with van der Waals surface area (Å²) in [5.74, 6) is 0. The minimum Gasteiger partial charge on any atom is -0.288 e. The molecule has 1 saturated heterocycles. The molecule has 0 spiro atoms. The predicted octanol–water partition coefficient (Wildman–Crippen LogP) is 1.77. The van der Waals surface area contributed by atoms with Gasteiger partial charge in [0.2, 0.25) is 0 Å². The number of nitrogens with zero attached hydrogens (tertiary/aromatic N) is 2. The van der Waals surface area contributed by atoms with Crippen LogP contribution in [-0.4, -0.2) is 42.1 Å². The zero-order valence-electron chi connectivity index (χ0n) is 8.71. The zero-order valence-corrected chi connectivity index (χ0v) is 8.71. The van der Waals surface area contributed by atoms with Crippen molar-refractivity contribution in [3.8, 4) is 0 Å². The minimum absolute atomic E-state index is 0.716. The van der Waals surface area contributed by atoms with Crippen molar-refractivity contribution in [1.29, 1.82) is 0 Å². The lowest BCUT2D eigenvalue weighted by atomic mass is 10.2. The van der Waals surface area contributed by atoms with Crippen molar-refractivity contribution in [2.45, 2.75) is 39.8 Å². The van der Waals surface area contributed by atoms with Crippen LogP contribution in [0.1, 0.15) is 33.6 Å². The van der Waals surface area contributed by atoms with Gasteiger partial charge in [0.25, 0.3) is 0 Å². The standard InChI is InChI=1S/C10H22N2/c1-4-10-11(5-2)8-7-9-12(10)6-3/h10H,4-9H2,1-3H3. The molecule has 0 bridgehead atoms. The van der Waals surface area contributed by atoms with E-state index in [-0.39, 0.29) is 0 Å². The first-order valence-corrected chi connectivity index (χ1v) is 5.31. The van der Waals surface area contributed by atoms with Crippen LogP contribution in [0.5, 0.6) is 0 Å². The maximum atomic E-state index is 2.59. The summed E-state index contributed by atoms with van der Waals surface area (Å²) >= 11 is 0. The van der Waals surface area contributed by atoms with Crippen molar-refractivity contribution < 1.29 is 0 Å². The zero-order chi connectivity index (χ0) is 8.97. The van der Waals surface area contributed by atoms with Crippen LogP contribution in [0.2, 0.25) is 0 Å². The maximum Gasteiger partial charge on any atom is 0.0619 e. The molecule has 0 atom stereocenters. The highest BCUT2D eigenvalue weighted by Crippen LogP contribution is 2.15. The van der Waals surface area contributed by atoms with Gasteiger partial charge in [0, 0.05) is 13.1 Å². The van der Waals surface area contributed by atoms with E-state index in [4.69, 9.17) is 0 Å². The Balaban J connectivity index is 2.52. The Morgan fingerprint density at radius 1 is 1.00 bits per heavy atom. The van der Waals surface area contributed by atoms with Crippen LogP contribution in [0.3, 0.4) is 0 Å². The molecule has 0 unspecified atom stereocenters. The molecule has 72 valence electrons. The molecule has 1 aliphatic heterocycles. The summed E-state index contributed by atoms with van der Waals surface area (Å²) in [5, 5.41) is 0. The maximum absolute atomic E-state index is 2.59. The van der Waals surface area contributed by atoms with Gasteiger partial charge in [0.1, 0.15) is 0 Å². The highest BCUT2D eigenvalue weighted by atomic mass is 15.4. The first-order chi connectivity index (χ1) is 5.83. The summed E-state index contributed by atoms with van der Waals surface area (Å²) in [6, 6.07) is 0. The van der Waals surface area contributed by atoms with Crippen molar-refractivity contribution in [1.82, 2.24) is 9.80 Å². The molecule has 0 N–H and O–H groups in total. The summed E-state index contributed by atoms with van der Waals surface area (Å²) in [4.78, 5) is 5.18. The number of hydrogen-bond donors (Lipinski definition) is 0. The third-order valence-corrected chi connectivity index (χ3v) is 2.91. The van der Waals surface area contributed by atoms with E-state index in [0.717, 1.165) is 0 Å². The van der Waals surface area contributed by atoms with E-state index in [1.807, 2.05) is 0 Å². The summed E-state index contributed by atoms with van der Waals surface area (Å²) in [6.07, 6.45) is 3.33. The first-order valence-electron chi connectivity index (χ1n) is 5.31. The van der Waals surface area contributed by atoms with Gasteiger partial charge in [-0.2, -0.15) is 0 Å². The monoisotopic (exact) mass is 170 g/mol. The molecule has 0 saturated carbocycles. The average Bonchev–Trinajstić information content (AvgIpc) is 2.16. The summed E-state index contributed by atoms with van der Waals surface area (Å²) in [7, 11) is 0. The molecule has 0 aromatic heterocycles. The molecule has 0 aromatic rings. The van der Waals surface area contributed by atoms with Gasteiger partial charge in [-0.3, -0.25) is 9.80 Å². The van der Waals surface area contributed by atoms with E-state index >= 15 is 0 Å².